The summed E-state index contributed by atoms with van der Waals surface area (Å²) in [6, 6.07) is 11.2. The molecule has 20 heavy (non-hydrogen) atoms. The Morgan fingerprint density at radius 2 is 2.05 bits per heavy atom. The maximum Gasteiger partial charge on any atom is 0.213 e. The van der Waals surface area contributed by atoms with Gasteiger partial charge in [0.1, 0.15) is 12.4 Å². The summed E-state index contributed by atoms with van der Waals surface area (Å²) in [5, 5.41) is 9.54. The number of aliphatic hydroxyl groups is 1. The van der Waals surface area contributed by atoms with Crippen molar-refractivity contribution >= 4 is 0 Å². The molecule has 0 aliphatic heterocycles. The topological polar surface area (TPSA) is 51.6 Å². The molecule has 1 aromatic heterocycles. The number of rotatable bonds is 5. The van der Waals surface area contributed by atoms with E-state index in [0.29, 0.717) is 12.5 Å². The van der Waals surface area contributed by atoms with Crippen LogP contribution >= 0.6 is 0 Å². The van der Waals surface area contributed by atoms with Gasteiger partial charge >= 0.3 is 0 Å². The molecule has 0 fully saturated rings. The minimum absolute atomic E-state index is 0.381. The number of aliphatic hydroxyl groups excluding tert-OH is 1. The van der Waals surface area contributed by atoms with Gasteiger partial charge in [0.25, 0.3) is 0 Å². The quantitative estimate of drug-likeness (QED) is 0.909. The van der Waals surface area contributed by atoms with E-state index in [-0.39, 0.29) is 0 Å². The number of hydrogen-bond donors (Lipinski definition) is 1. The second-order valence-electron chi connectivity index (χ2n) is 4.66. The van der Waals surface area contributed by atoms with Crippen LogP contribution in [0.1, 0.15) is 29.8 Å². The van der Waals surface area contributed by atoms with Gasteiger partial charge in [-0.25, -0.2) is 4.98 Å². The number of nitrogens with zero attached hydrogens (tertiary/aromatic N) is 1. The first-order valence-corrected chi connectivity index (χ1v) is 6.51. The number of aryl methyl sites for hydroxylation is 1. The molecular formula is C16H19NO3. The fourth-order valence-electron chi connectivity index (χ4n) is 1.90. The highest BCUT2D eigenvalue weighted by Crippen LogP contribution is 2.23. The van der Waals surface area contributed by atoms with Crippen molar-refractivity contribution in [3.63, 3.8) is 0 Å². The highest BCUT2D eigenvalue weighted by atomic mass is 16.5. The molecule has 0 radical (unpaired) electrons. The summed E-state index contributed by atoms with van der Waals surface area (Å²) < 4.78 is 10.8. The van der Waals surface area contributed by atoms with Crippen LogP contribution in [0.5, 0.6) is 11.6 Å². The van der Waals surface area contributed by atoms with E-state index in [4.69, 9.17) is 9.47 Å². The van der Waals surface area contributed by atoms with Gasteiger partial charge in [-0.1, -0.05) is 12.1 Å². The van der Waals surface area contributed by atoms with Gasteiger partial charge in [-0.2, -0.15) is 0 Å². The van der Waals surface area contributed by atoms with Gasteiger partial charge in [-0.05, 0) is 43.2 Å². The molecule has 2 rings (SSSR count). The minimum Gasteiger partial charge on any atom is -0.487 e. The van der Waals surface area contributed by atoms with Crippen LogP contribution in [0, 0.1) is 6.92 Å². The summed E-state index contributed by atoms with van der Waals surface area (Å²) in [7, 11) is 1.59. The average molecular weight is 273 g/mol. The molecule has 0 saturated carbocycles. The molecule has 4 nitrogen and oxygen atoms in total. The molecule has 106 valence electrons. The lowest BCUT2D eigenvalue weighted by molar-refractivity contribution is 0.199. The first-order chi connectivity index (χ1) is 9.60. The van der Waals surface area contributed by atoms with Crippen LogP contribution in [-0.4, -0.2) is 17.2 Å². The largest absolute Gasteiger partial charge is 0.487 e. The SMILES string of the molecule is COc1cccc(COc2ccc([C@H](C)O)cc2C)n1. The smallest absolute Gasteiger partial charge is 0.213 e. The summed E-state index contributed by atoms with van der Waals surface area (Å²) in [5.41, 5.74) is 2.68. The Hall–Kier alpha value is -2.07. The first kappa shape index (κ1) is 14.3. The standard InChI is InChI=1S/C16H19NO3/c1-11-9-13(12(2)18)7-8-15(11)20-10-14-5-4-6-16(17-14)19-3/h4-9,12,18H,10H2,1-3H3/t12-/m0/s1. The van der Waals surface area contributed by atoms with Gasteiger partial charge in [0, 0.05) is 6.07 Å². The summed E-state index contributed by atoms with van der Waals surface area (Å²) in [5.74, 6) is 1.37. The molecule has 0 amide bonds. The Kier molecular flexibility index (Phi) is 4.58. The number of aromatic nitrogens is 1. The van der Waals surface area contributed by atoms with Gasteiger partial charge < -0.3 is 14.6 Å². The zero-order valence-corrected chi connectivity index (χ0v) is 12.0. The third kappa shape index (κ3) is 3.48. The molecule has 1 atom stereocenters. The van der Waals surface area contributed by atoms with Crippen molar-refractivity contribution < 1.29 is 14.6 Å². The van der Waals surface area contributed by atoms with Crippen LogP contribution in [0.15, 0.2) is 36.4 Å². The number of ether oxygens (including phenoxy) is 2. The zero-order valence-electron chi connectivity index (χ0n) is 12.0. The lowest BCUT2D eigenvalue weighted by Crippen LogP contribution is -2.01. The third-order valence-electron chi connectivity index (χ3n) is 3.05. The summed E-state index contributed by atoms with van der Waals surface area (Å²) in [4.78, 5) is 4.29. The Morgan fingerprint density at radius 3 is 2.70 bits per heavy atom. The van der Waals surface area contributed by atoms with Crippen molar-refractivity contribution in [3.05, 3.63) is 53.2 Å². The van der Waals surface area contributed by atoms with E-state index in [9.17, 15) is 5.11 Å². The number of pyridine rings is 1. The van der Waals surface area contributed by atoms with E-state index in [1.807, 2.05) is 37.3 Å². The number of benzene rings is 1. The van der Waals surface area contributed by atoms with E-state index >= 15 is 0 Å². The Bertz CT molecular complexity index is 582. The van der Waals surface area contributed by atoms with E-state index in [0.717, 1.165) is 22.6 Å². The maximum atomic E-state index is 9.54. The van der Waals surface area contributed by atoms with Crippen LogP contribution in [0.25, 0.3) is 0 Å². The fraction of sp³-hybridized carbons (Fsp3) is 0.312. The van der Waals surface area contributed by atoms with E-state index in [2.05, 4.69) is 4.98 Å². The molecule has 4 heteroatoms. The lowest BCUT2D eigenvalue weighted by atomic mass is 10.1. The van der Waals surface area contributed by atoms with Crippen LogP contribution < -0.4 is 9.47 Å². The highest BCUT2D eigenvalue weighted by Gasteiger charge is 2.06. The van der Waals surface area contributed by atoms with Gasteiger partial charge in [0.05, 0.1) is 18.9 Å². The van der Waals surface area contributed by atoms with E-state index < -0.39 is 6.10 Å². The van der Waals surface area contributed by atoms with Gasteiger partial charge in [-0.15, -0.1) is 0 Å². The van der Waals surface area contributed by atoms with Crippen molar-refractivity contribution in [2.24, 2.45) is 0 Å². The molecule has 0 aliphatic carbocycles. The molecule has 1 heterocycles. The van der Waals surface area contributed by atoms with Crippen LogP contribution in [0.3, 0.4) is 0 Å². The summed E-state index contributed by atoms with van der Waals surface area (Å²) in [6.07, 6.45) is -0.470. The predicted molar refractivity (Wildman–Crippen MR) is 76.9 cm³/mol. The van der Waals surface area contributed by atoms with Crippen LogP contribution in [-0.2, 0) is 6.61 Å². The van der Waals surface area contributed by atoms with Gasteiger partial charge in [0.2, 0.25) is 5.88 Å². The molecule has 2 aromatic rings. The normalized spacial score (nSPS) is 12.0. The molecule has 0 saturated heterocycles. The Labute approximate surface area is 119 Å². The monoisotopic (exact) mass is 273 g/mol. The van der Waals surface area contributed by atoms with Gasteiger partial charge in [-0.3, -0.25) is 0 Å². The van der Waals surface area contributed by atoms with Crippen LogP contribution in [0.2, 0.25) is 0 Å². The number of hydrogen-bond acceptors (Lipinski definition) is 4. The fourth-order valence-corrected chi connectivity index (χ4v) is 1.90. The second-order valence-corrected chi connectivity index (χ2v) is 4.66. The second kappa shape index (κ2) is 6.39. The minimum atomic E-state index is -0.470. The van der Waals surface area contributed by atoms with E-state index in [1.165, 1.54) is 0 Å². The number of methoxy groups -OCH3 is 1. The Morgan fingerprint density at radius 1 is 1.25 bits per heavy atom. The van der Waals surface area contributed by atoms with Crippen LogP contribution in [0.4, 0.5) is 0 Å². The summed E-state index contributed by atoms with van der Waals surface area (Å²) in [6.45, 7) is 4.09. The molecular weight excluding hydrogens is 254 g/mol. The van der Waals surface area contributed by atoms with Crippen molar-refractivity contribution in [1.29, 1.82) is 0 Å². The molecule has 1 N–H and O–H groups in total. The third-order valence-corrected chi connectivity index (χ3v) is 3.05. The summed E-state index contributed by atoms with van der Waals surface area (Å²) >= 11 is 0. The van der Waals surface area contributed by atoms with Gasteiger partial charge in [0.15, 0.2) is 0 Å². The zero-order chi connectivity index (χ0) is 14.5. The highest BCUT2D eigenvalue weighted by molar-refractivity contribution is 5.37. The maximum absolute atomic E-state index is 9.54. The van der Waals surface area contributed by atoms with Crippen molar-refractivity contribution in [2.75, 3.05) is 7.11 Å². The average Bonchev–Trinajstić information content (AvgIpc) is 2.46. The lowest BCUT2D eigenvalue weighted by Gasteiger charge is -2.12. The molecule has 0 unspecified atom stereocenters. The molecule has 0 aliphatic rings. The van der Waals surface area contributed by atoms with Crippen molar-refractivity contribution in [2.45, 2.75) is 26.6 Å². The van der Waals surface area contributed by atoms with E-state index in [1.54, 1.807) is 20.1 Å². The molecule has 0 spiro atoms. The molecule has 1 aromatic carbocycles. The first-order valence-electron chi connectivity index (χ1n) is 6.51. The predicted octanol–water partition coefficient (Wildman–Crippen LogP) is 3.03. The molecule has 0 bridgehead atoms. The van der Waals surface area contributed by atoms with Crippen molar-refractivity contribution in [3.8, 4) is 11.6 Å². The Balaban J connectivity index is 2.07. The van der Waals surface area contributed by atoms with Crippen molar-refractivity contribution in [1.82, 2.24) is 4.98 Å².